The Bertz CT molecular complexity index is 1540. The normalized spacial score (nSPS) is 18.2. The third-order valence-electron chi connectivity index (χ3n) is 8.41. The Hall–Kier alpha value is -4.04. The van der Waals surface area contributed by atoms with Crippen LogP contribution in [0.5, 0.6) is 11.6 Å². The lowest BCUT2D eigenvalue weighted by molar-refractivity contribution is -0.118. The van der Waals surface area contributed by atoms with Crippen molar-refractivity contribution in [3.8, 4) is 22.9 Å². The van der Waals surface area contributed by atoms with Gasteiger partial charge >= 0.3 is 0 Å². The standard InChI is InChI=1S/C33H38N6O2/c1-22-12-13-24-25(9-5-11-27(24)38-29(40)20-33(2)15-3-4-16-33)30(22)41-31-26(10-7-18-35-31)28-14-19-36-32(39-28)37-23-8-6-17-34-21-23/h5,7,9-14,18-19,23,34H,3-4,6,8,15-17,20-21H2,1-2H3,(H,38,40)(H,36,37,39)/t23-/m0/s1. The second kappa shape index (κ2) is 11.8. The van der Waals surface area contributed by atoms with E-state index in [0.29, 0.717) is 30.0 Å². The number of aromatic nitrogens is 3. The second-order valence-electron chi connectivity index (χ2n) is 11.8. The van der Waals surface area contributed by atoms with Crippen LogP contribution in [-0.4, -0.2) is 40.0 Å². The van der Waals surface area contributed by atoms with Gasteiger partial charge in [-0.1, -0.05) is 44.0 Å². The molecule has 212 valence electrons. The van der Waals surface area contributed by atoms with Gasteiger partial charge in [-0.2, -0.15) is 0 Å². The lowest BCUT2D eigenvalue weighted by Gasteiger charge is -2.23. The van der Waals surface area contributed by atoms with Crippen LogP contribution in [0.25, 0.3) is 22.0 Å². The number of aryl methyl sites for hydroxylation is 1. The minimum absolute atomic E-state index is 0.0640. The van der Waals surface area contributed by atoms with E-state index in [4.69, 9.17) is 9.72 Å². The Morgan fingerprint density at radius 3 is 2.73 bits per heavy atom. The number of piperidine rings is 1. The van der Waals surface area contributed by atoms with Gasteiger partial charge in [-0.25, -0.2) is 15.0 Å². The minimum Gasteiger partial charge on any atom is -0.437 e. The Morgan fingerprint density at radius 1 is 1.02 bits per heavy atom. The number of carbonyl (C=O) groups excluding carboxylic acids is 1. The summed E-state index contributed by atoms with van der Waals surface area (Å²) < 4.78 is 6.57. The van der Waals surface area contributed by atoms with Crippen molar-refractivity contribution in [1.29, 1.82) is 0 Å². The number of anilines is 2. The maximum atomic E-state index is 13.0. The first-order chi connectivity index (χ1) is 20.0. The summed E-state index contributed by atoms with van der Waals surface area (Å²) in [6, 6.07) is 16.1. The van der Waals surface area contributed by atoms with E-state index in [9.17, 15) is 4.79 Å². The first-order valence-corrected chi connectivity index (χ1v) is 14.7. The molecule has 6 rings (SSSR count). The van der Waals surface area contributed by atoms with Crippen molar-refractivity contribution in [1.82, 2.24) is 20.3 Å². The molecule has 1 saturated carbocycles. The number of nitrogens with zero attached hydrogens (tertiary/aromatic N) is 3. The van der Waals surface area contributed by atoms with E-state index in [0.717, 1.165) is 72.1 Å². The van der Waals surface area contributed by atoms with E-state index in [1.54, 1.807) is 12.4 Å². The highest BCUT2D eigenvalue weighted by atomic mass is 16.5. The van der Waals surface area contributed by atoms with Crippen LogP contribution < -0.4 is 20.7 Å². The van der Waals surface area contributed by atoms with Crippen molar-refractivity contribution in [2.45, 2.75) is 64.8 Å². The van der Waals surface area contributed by atoms with E-state index in [-0.39, 0.29) is 11.3 Å². The topological polar surface area (TPSA) is 101 Å². The Kier molecular flexibility index (Phi) is 7.83. The number of carbonyl (C=O) groups is 1. The number of fused-ring (bicyclic) bond motifs is 1. The molecule has 2 aliphatic rings. The predicted octanol–water partition coefficient (Wildman–Crippen LogP) is 6.87. The fourth-order valence-electron chi connectivity index (χ4n) is 6.17. The molecule has 0 unspecified atom stereocenters. The van der Waals surface area contributed by atoms with Crippen LogP contribution in [0.15, 0.2) is 60.9 Å². The fraction of sp³-hybridized carbons (Fsp3) is 0.394. The number of nitrogens with one attached hydrogen (secondary N) is 3. The maximum absolute atomic E-state index is 13.0. The zero-order valence-corrected chi connectivity index (χ0v) is 23.9. The molecule has 1 saturated heterocycles. The molecule has 0 spiro atoms. The van der Waals surface area contributed by atoms with Gasteiger partial charge in [-0.3, -0.25) is 4.79 Å². The minimum atomic E-state index is 0.0640. The molecule has 41 heavy (non-hydrogen) atoms. The SMILES string of the molecule is Cc1ccc2c(NC(=O)CC3(C)CCCC3)cccc2c1Oc1ncccc1-c1ccnc(N[C@H]2CCCNC2)n1. The van der Waals surface area contributed by atoms with Crippen molar-refractivity contribution >= 4 is 28.3 Å². The average Bonchev–Trinajstić information content (AvgIpc) is 3.41. The molecule has 2 aromatic carbocycles. The summed E-state index contributed by atoms with van der Waals surface area (Å²) >= 11 is 0. The van der Waals surface area contributed by atoms with Crippen LogP contribution in [0.4, 0.5) is 11.6 Å². The van der Waals surface area contributed by atoms with E-state index < -0.39 is 0 Å². The average molecular weight is 551 g/mol. The van der Waals surface area contributed by atoms with Gasteiger partial charge in [0.1, 0.15) is 5.75 Å². The van der Waals surface area contributed by atoms with Gasteiger partial charge < -0.3 is 20.7 Å². The number of benzene rings is 2. The highest BCUT2D eigenvalue weighted by molar-refractivity contribution is 6.04. The van der Waals surface area contributed by atoms with Crippen molar-refractivity contribution in [2.24, 2.45) is 5.41 Å². The molecule has 1 aliphatic carbocycles. The van der Waals surface area contributed by atoms with Gasteiger partial charge in [-0.15, -0.1) is 0 Å². The Morgan fingerprint density at radius 2 is 1.90 bits per heavy atom. The first-order valence-electron chi connectivity index (χ1n) is 14.7. The number of amides is 1. The summed E-state index contributed by atoms with van der Waals surface area (Å²) in [5.74, 6) is 1.84. The highest BCUT2D eigenvalue weighted by Crippen LogP contribution is 2.42. The molecule has 1 amide bonds. The van der Waals surface area contributed by atoms with Crippen LogP contribution in [0.2, 0.25) is 0 Å². The van der Waals surface area contributed by atoms with E-state index in [1.165, 1.54) is 12.8 Å². The zero-order chi connectivity index (χ0) is 28.2. The Balaban J connectivity index is 1.28. The van der Waals surface area contributed by atoms with Crippen LogP contribution in [0.3, 0.4) is 0 Å². The molecule has 1 aliphatic heterocycles. The summed E-state index contributed by atoms with van der Waals surface area (Å²) in [7, 11) is 0. The van der Waals surface area contributed by atoms with Crippen LogP contribution in [-0.2, 0) is 4.79 Å². The highest BCUT2D eigenvalue weighted by Gasteiger charge is 2.31. The first kappa shape index (κ1) is 27.1. The van der Waals surface area contributed by atoms with Crippen molar-refractivity contribution in [2.75, 3.05) is 23.7 Å². The van der Waals surface area contributed by atoms with Crippen LogP contribution in [0.1, 0.15) is 57.4 Å². The largest absolute Gasteiger partial charge is 0.437 e. The molecule has 4 aromatic rings. The summed E-state index contributed by atoms with van der Waals surface area (Å²) in [6.45, 7) is 6.20. The number of hydrogen-bond acceptors (Lipinski definition) is 7. The molecule has 2 aromatic heterocycles. The lowest BCUT2D eigenvalue weighted by atomic mass is 9.85. The molecule has 1 atom stereocenters. The van der Waals surface area contributed by atoms with Crippen molar-refractivity contribution in [3.05, 3.63) is 66.5 Å². The monoisotopic (exact) mass is 550 g/mol. The molecular weight excluding hydrogens is 512 g/mol. The summed E-state index contributed by atoms with van der Waals surface area (Å²) in [4.78, 5) is 26.9. The number of pyridine rings is 1. The van der Waals surface area contributed by atoms with E-state index in [1.807, 2.05) is 55.5 Å². The van der Waals surface area contributed by atoms with Crippen molar-refractivity contribution < 1.29 is 9.53 Å². The molecule has 3 N–H and O–H groups in total. The summed E-state index contributed by atoms with van der Waals surface area (Å²) in [6.07, 6.45) is 10.9. The number of ether oxygens (including phenoxy) is 1. The molecule has 3 heterocycles. The van der Waals surface area contributed by atoms with Crippen LogP contribution >= 0.6 is 0 Å². The molecule has 8 nitrogen and oxygen atoms in total. The quantitative estimate of drug-likeness (QED) is 0.220. The molecule has 2 fully saturated rings. The van der Waals surface area contributed by atoms with E-state index >= 15 is 0 Å². The van der Waals surface area contributed by atoms with Gasteiger partial charge in [0, 0.05) is 47.9 Å². The smallest absolute Gasteiger partial charge is 0.228 e. The van der Waals surface area contributed by atoms with Gasteiger partial charge in [0.25, 0.3) is 0 Å². The van der Waals surface area contributed by atoms with Crippen molar-refractivity contribution in [3.63, 3.8) is 0 Å². The zero-order valence-electron chi connectivity index (χ0n) is 23.9. The van der Waals surface area contributed by atoms with Gasteiger partial charge in [0.05, 0.1) is 11.3 Å². The third-order valence-corrected chi connectivity index (χ3v) is 8.41. The molecule has 0 bridgehead atoms. The molecule has 0 radical (unpaired) electrons. The third kappa shape index (κ3) is 6.17. The number of rotatable bonds is 8. The van der Waals surface area contributed by atoms with E-state index in [2.05, 4.69) is 32.8 Å². The summed E-state index contributed by atoms with van der Waals surface area (Å²) in [5, 5.41) is 11.9. The van der Waals surface area contributed by atoms with Gasteiger partial charge in [-0.05, 0) is 74.4 Å². The maximum Gasteiger partial charge on any atom is 0.228 e. The fourth-order valence-corrected chi connectivity index (χ4v) is 6.17. The van der Waals surface area contributed by atoms with Gasteiger partial charge in [0.2, 0.25) is 17.7 Å². The number of hydrogen-bond donors (Lipinski definition) is 3. The second-order valence-corrected chi connectivity index (χ2v) is 11.8. The Labute approximate surface area is 241 Å². The summed E-state index contributed by atoms with van der Waals surface area (Å²) in [5.41, 5.74) is 3.39. The molecular formula is C33H38N6O2. The molecule has 8 heteroatoms. The predicted molar refractivity (Wildman–Crippen MR) is 163 cm³/mol. The van der Waals surface area contributed by atoms with Gasteiger partial charge in [0.15, 0.2) is 0 Å². The van der Waals surface area contributed by atoms with Crippen LogP contribution in [0, 0.1) is 12.3 Å². The lowest BCUT2D eigenvalue weighted by Crippen LogP contribution is -2.38.